The van der Waals surface area contributed by atoms with Crippen molar-refractivity contribution in [1.29, 1.82) is 5.26 Å². The molecule has 2 aromatic carbocycles. The number of rotatable bonds is 3. The molecule has 0 amide bonds. The van der Waals surface area contributed by atoms with Crippen LogP contribution in [0.25, 0.3) is 10.9 Å². The number of hydrogen-bond acceptors (Lipinski definition) is 4. The van der Waals surface area contributed by atoms with Gasteiger partial charge in [-0.2, -0.15) is 5.26 Å². The highest BCUT2D eigenvalue weighted by Gasteiger charge is 2.26. The topological polar surface area (TPSA) is 58.3 Å². The average molecular weight is 452 g/mol. The van der Waals surface area contributed by atoms with Gasteiger partial charge >= 0.3 is 0 Å². The number of nitrogens with zero attached hydrogens (tertiary/aromatic N) is 3. The van der Waals surface area contributed by atoms with Gasteiger partial charge in [-0.1, -0.05) is 28.1 Å². The summed E-state index contributed by atoms with van der Waals surface area (Å²) in [6, 6.07) is 16.3. The lowest BCUT2D eigenvalue weighted by Crippen LogP contribution is -2.35. The molecule has 29 heavy (non-hydrogen) atoms. The standard InChI is InChI=1S/C23H22BrN3O2/c1-26-21-13-17(24)5-8-19(21)22(20(14-25)23(26)28)27-11-9-16(10-12-27)15-3-6-18(29-2)7-4-15/h3-8,13,16H,9-12H2,1-2H3. The minimum absolute atomic E-state index is 0.227. The van der Waals surface area contributed by atoms with E-state index in [-0.39, 0.29) is 11.1 Å². The van der Waals surface area contributed by atoms with Crippen LogP contribution < -0.4 is 15.2 Å². The van der Waals surface area contributed by atoms with Crippen LogP contribution in [0.4, 0.5) is 5.69 Å². The van der Waals surface area contributed by atoms with Crippen LogP contribution in [0.2, 0.25) is 0 Å². The van der Waals surface area contributed by atoms with Gasteiger partial charge < -0.3 is 14.2 Å². The number of hydrogen-bond donors (Lipinski definition) is 0. The first-order valence-corrected chi connectivity index (χ1v) is 10.4. The average Bonchev–Trinajstić information content (AvgIpc) is 2.76. The lowest BCUT2D eigenvalue weighted by atomic mass is 9.89. The van der Waals surface area contributed by atoms with Gasteiger partial charge in [-0.05, 0) is 54.7 Å². The molecule has 0 spiro atoms. The zero-order valence-corrected chi connectivity index (χ0v) is 18.1. The van der Waals surface area contributed by atoms with Crippen LogP contribution in [-0.2, 0) is 7.05 Å². The normalized spacial score (nSPS) is 14.8. The molecule has 1 aliphatic heterocycles. The molecule has 1 saturated heterocycles. The number of fused-ring (bicyclic) bond motifs is 1. The minimum atomic E-state index is -0.245. The molecule has 0 radical (unpaired) electrons. The van der Waals surface area contributed by atoms with Gasteiger partial charge in [0.15, 0.2) is 0 Å². The summed E-state index contributed by atoms with van der Waals surface area (Å²) in [7, 11) is 3.39. The predicted molar refractivity (Wildman–Crippen MR) is 119 cm³/mol. The maximum absolute atomic E-state index is 12.8. The van der Waals surface area contributed by atoms with E-state index in [2.05, 4.69) is 39.0 Å². The van der Waals surface area contributed by atoms with E-state index in [1.807, 2.05) is 30.3 Å². The molecule has 0 aliphatic carbocycles. The zero-order valence-electron chi connectivity index (χ0n) is 16.5. The van der Waals surface area contributed by atoms with Gasteiger partial charge in [0.25, 0.3) is 5.56 Å². The van der Waals surface area contributed by atoms with E-state index in [1.165, 1.54) is 5.56 Å². The van der Waals surface area contributed by atoms with Crippen molar-refractivity contribution in [1.82, 2.24) is 4.57 Å². The van der Waals surface area contributed by atoms with E-state index >= 15 is 0 Å². The molecule has 148 valence electrons. The monoisotopic (exact) mass is 451 g/mol. The Hall–Kier alpha value is -2.78. The number of pyridine rings is 1. The van der Waals surface area contributed by atoms with Crippen LogP contribution in [-0.4, -0.2) is 24.8 Å². The molecule has 1 fully saturated rings. The first-order chi connectivity index (χ1) is 14.0. The summed E-state index contributed by atoms with van der Waals surface area (Å²) in [4.78, 5) is 15.0. The van der Waals surface area contributed by atoms with Crippen LogP contribution in [0.1, 0.15) is 29.9 Å². The largest absolute Gasteiger partial charge is 0.497 e. The number of aromatic nitrogens is 1. The third-order valence-electron chi connectivity index (χ3n) is 5.84. The van der Waals surface area contributed by atoms with E-state index < -0.39 is 0 Å². The predicted octanol–water partition coefficient (Wildman–Crippen LogP) is 4.57. The Bertz CT molecular complexity index is 1150. The highest BCUT2D eigenvalue weighted by molar-refractivity contribution is 9.10. The van der Waals surface area contributed by atoms with Crippen molar-refractivity contribution in [2.45, 2.75) is 18.8 Å². The summed E-state index contributed by atoms with van der Waals surface area (Å²) in [6.07, 6.45) is 1.95. The zero-order chi connectivity index (χ0) is 20.5. The molecule has 0 N–H and O–H groups in total. The number of ether oxygens (including phenoxy) is 1. The van der Waals surface area contributed by atoms with Gasteiger partial charge in [0.2, 0.25) is 0 Å². The molecule has 4 rings (SSSR count). The summed E-state index contributed by atoms with van der Waals surface area (Å²) in [5, 5.41) is 10.7. The lowest BCUT2D eigenvalue weighted by molar-refractivity contribution is 0.414. The number of nitriles is 1. The second-order valence-corrected chi connectivity index (χ2v) is 8.31. The summed E-state index contributed by atoms with van der Waals surface area (Å²) in [5.41, 5.74) is 2.89. The Kier molecular flexibility index (Phi) is 5.33. The maximum Gasteiger partial charge on any atom is 0.270 e. The smallest absolute Gasteiger partial charge is 0.270 e. The molecular weight excluding hydrogens is 430 g/mol. The Morgan fingerprint density at radius 3 is 2.45 bits per heavy atom. The van der Waals surface area contributed by atoms with Crippen molar-refractivity contribution in [2.75, 3.05) is 25.1 Å². The van der Waals surface area contributed by atoms with Gasteiger partial charge in [-0.3, -0.25) is 4.79 Å². The van der Waals surface area contributed by atoms with Gasteiger partial charge in [0.1, 0.15) is 17.4 Å². The maximum atomic E-state index is 12.8. The van der Waals surface area contributed by atoms with Gasteiger partial charge in [0.05, 0.1) is 18.3 Å². The molecule has 5 nitrogen and oxygen atoms in total. The SMILES string of the molecule is COc1ccc(C2CCN(c3c(C#N)c(=O)n(C)c4cc(Br)ccc34)CC2)cc1. The second kappa shape index (κ2) is 7.92. The number of anilines is 1. The number of methoxy groups -OCH3 is 1. The number of halogens is 1. The minimum Gasteiger partial charge on any atom is -0.497 e. The molecule has 3 aromatic rings. The van der Waals surface area contributed by atoms with E-state index in [0.717, 1.165) is 52.7 Å². The van der Waals surface area contributed by atoms with Crippen molar-refractivity contribution >= 4 is 32.5 Å². The van der Waals surface area contributed by atoms with Crippen molar-refractivity contribution in [3.8, 4) is 11.8 Å². The summed E-state index contributed by atoms with van der Waals surface area (Å²) in [5.74, 6) is 1.33. The van der Waals surface area contributed by atoms with Gasteiger partial charge in [-0.15, -0.1) is 0 Å². The first-order valence-electron chi connectivity index (χ1n) is 9.64. The Morgan fingerprint density at radius 1 is 1.14 bits per heavy atom. The van der Waals surface area contributed by atoms with Crippen LogP contribution in [0, 0.1) is 11.3 Å². The van der Waals surface area contributed by atoms with Crippen molar-refractivity contribution < 1.29 is 4.74 Å². The Balaban J connectivity index is 1.68. The molecule has 0 unspecified atom stereocenters. The molecule has 1 aliphatic rings. The van der Waals surface area contributed by atoms with Crippen molar-refractivity contribution in [2.24, 2.45) is 7.05 Å². The quantitative estimate of drug-likeness (QED) is 0.585. The molecule has 0 bridgehead atoms. The summed E-state index contributed by atoms with van der Waals surface area (Å²) >= 11 is 3.49. The fourth-order valence-corrected chi connectivity index (χ4v) is 4.59. The Morgan fingerprint density at radius 2 is 1.83 bits per heavy atom. The van der Waals surface area contributed by atoms with Crippen LogP contribution >= 0.6 is 15.9 Å². The van der Waals surface area contributed by atoms with E-state index in [0.29, 0.717) is 5.92 Å². The lowest BCUT2D eigenvalue weighted by Gasteiger charge is -2.35. The number of piperidine rings is 1. The van der Waals surface area contributed by atoms with E-state index in [1.54, 1.807) is 18.7 Å². The third-order valence-corrected chi connectivity index (χ3v) is 6.34. The van der Waals surface area contributed by atoms with Gasteiger partial charge in [0, 0.05) is 30.0 Å². The highest BCUT2D eigenvalue weighted by atomic mass is 79.9. The summed E-state index contributed by atoms with van der Waals surface area (Å²) in [6.45, 7) is 1.62. The van der Waals surface area contributed by atoms with E-state index in [4.69, 9.17) is 4.74 Å². The highest BCUT2D eigenvalue weighted by Crippen LogP contribution is 2.35. The molecule has 1 aromatic heterocycles. The molecule has 6 heteroatoms. The number of aryl methyl sites for hydroxylation is 1. The fraction of sp³-hybridized carbons (Fsp3) is 0.304. The van der Waals surface area contributed by atoms with Crippen molar-refractivity contribution in [3.63, 3.8) is 0 Å². The fourth-order valence-electron chi connectivity index (χ4n) is 4.24. The Labute approximate surface area is 178 Å². The molecule has 2 heterocycles. The van der Waals surface area contributed by atoms with Gasteiger partial charge in [-0.25, -0.2) is 0 Å². The van der Waals surface area contributed by atoms with Crippen LogP contribution in [0.3, 0.4) is 0 Å². The van der Waals surface area contributed by atoms with E-state index in [9.17, 15) is 10.1 Å². The molecular formula is C23H22BrN3O2. The number of benzene rings is 2. The third kappa shape index (κ3) is 3.51. The van der Waals surface area contributed by atoms with Crippen LogP contribution in [0.15, 0.2) is 51.7 Å². The molecule has 0 saturated carbocycles. The first kappa shape index (κ1) is 19.5. The summed E-state index contributed by atoms with van der Waals surface area (Å²) < 4.78 is 7.73. The molecule has 0 atom stereocenters. The van der Waals surface area contributed by atoms with Crippen molar-refractivity contribution in [3.05, 3.63) is 68.4 Å². The second-order valence-electron chi connectivity index (χ2n) is 7.40. The van der Waals surface area contributed by atoms with Crippen LogP contribution in [0.5, 0.6) is 5.75 Å².